The van der Waals surface area contributed by atoms with Crippen molar-refractivity contribution in [2.24, 2.45) is 11.7 Å². The van der Waals surface area contributed by atoms with Gasteiger partial charge >= 0.3 is 0 Å². The predicted molar refractivity (Wildman–Crippen MR) is 60.0 cm³/mol. The van der Waals surface area contributed by atoms with Crippen molar-refractivity contribution in [3.05, 3.63) is 24.0 Å². The first kappa shape index (κ1) is 10.9. The lowest BCUT2D eigenvalue weighted by Gasteiger charge is -2.11. The summed E-state index contributed by atoms with van der Waals surface area (Å²) in [7, 11) is 0. The zero-order valence-electron chi connectivity index (χ0n) is 8.89. The largest absolute Gasteiger partial charge is 0.391 e. The standard InChI is InChI=1S/C11H15N3O2/c12-11(16)9-5-8(3-4-13-9)14-6-10(15)7-1-2-7/h3-5,7,10,15H,1-2,6H2,(H2,12,16)(H,13,14). The van der Waals surface area contributed by atoms with E-state index in [9.17, 15) is 9.90 Å². The van der Waals surface area contributed by atoms with E-state index in [4.69, 9.17) is 5.73 Å². The van der Waals surface area contributed by atoms with Crippen molar-refractivity contribution in [3.63, 3.8) is 0 Å². The highest BCUT2D eigenvalue weighted by molar-refractivity contribution is 5.91. The molecule has 0 saturated heterocycles. The molecule has 5 heteroatoms. The molecule has 1 heterocycles. The number of carbonyl (C=O) groups is 1. The Labute approximate surface area is 93.7 Å². The van der Waals surface area contributed by atoms with E-state index < -0.39 is 5.91 Å². The van der Waals surface area contributed by atoms with Crippen LogP contribution in [-0.2, 0) is 0 Å². The molecule has 0 aliphatic heterocycles. The summed E-state index contributed by atoms with van der Waals surface area (Å²) in [5.74, 6) is -0.115. The van der Waals surface area contributed by atoms with Gasteiger partial charge < -0.3 is 16.2 Å². The number of carbonyl (C=O) groups excluding carboxylic acids is 1. The lowest BCUT2D eigenvalue weighted by Crippen LogP contribution is -2.21. The van der Waals surface area contributed by atoms with Crippen molar-refractivity contribution in [2.75, 3.05) is 11.9 Å². The molecule has 0 bridgehead atoms. The van der Waals surface area contributed by atoms with E-state index in [1.54, 1.807) is 12.1 Å². The Morgan fingerprint density at radius 2 is 2.44 bits per heavy atom. The van der Waals surface area contributed by atoms with Crippen LogP contribution in [0.5, 0.6) is 0 Å². The van der Waals surface area contributed by atoms with Crippen molar-refractivity contribution < 1.29 is 9.90 Å². The highest BCUT2D eigenvalue weighted by Crippen LogP contribution is 2.32. The van der Waals surface area contributed by atoms with Crippen molar-refractivity contribution in [1.82, 2.24) is 4.98 Å². The average Bonchev–Trinajstić information content (AvgIpc) is 3.10. The molecule has 0 spiro atoms. The van der Waals surface area contributed by atoms with E-state index in [0.717, 1.165) is 18.5 Å². The molecule has 1 atom stereocenters. The Bertz CT molecular complexity index is 391. The minimum atomic E-state index is -0.550. The number of primary amides is 1. The van der Waals surface area contributed by atoms with E-state index in [1.165, 1.54) is 6.20 Å². The summed E-state index contributed by atoms with van der Waals surface area (Å²) in [5.41, 5.74) is 6.10. The number of aliphatic hydroxyl groups excluding tert-OH is 1. The van der Waals surface area contributed by atoms with E-state index in [-0.39, 0.29) is 11.8 Å². The lowest BCUT2D eigenvalue weighted by molar-refractivity contribution is 0.0995. The van der Waals surface area contributed by atoms with Crippen molar-refractivity contribution in [2.45, 2.75) is 18.9 Å². The summed E-state index contributed by atoms with van der Waals surface area (Å²) in [6.07, 6.45) is 3.41. The van der Waals surface area contributed by atoms with Gasteiger partial charge in [-0.05, 0) is 30.9 Å². The Morgan fingerprint density at radius 3 is 3.06 bits per heavy atom. The summed E-state index contributed by atoms with van der Waals surface area (Å²) in [6.45, 7) is 0.493. The lowest BCUT2D eigenvalue weighted by atomic mass is 10.2. The minimum Gasteiger partial charge on any atom is -0.391 e. The molecule has 1 aliphatic rings. The van der Waals surface area contributed by atoms with Gasteiger partial charge in [0.25, 0.3) is 5.91 Å². The molecule has 4 N–H and O–H groups in total. The van der Waals surface area contributed by atoms with Gasteiger partial charge in [-0.1, -0.05) is 0 Å². The van der Waals surface area contributed by atoms with E-state index in [0.29, 0.717) is 12.5 Å². The number of pyridine rings is 1. The average molecular weight is 221 g/mol. The quantitative estimate of drug-likeness (QED) is 0.670. The first-order chi connectivity index (χ1) is 7.66. The van der Waals surface area contributed by atoms with Gasteiger partial charge in [-0.3, -0.25) is 9.78 Å². The molecule has 16 heavy (non-hydrogen) atoms. The van der Waals surface area contributed by atoms with Crippen LogP contribution in [0.4, 0.5) is 5.69 Å². The molecule has 86 valence electrons. The van der Waals surface area contributed by atoms with Crippen LogP contribution >= 0.6 is 0 Å². The van der Waals surface area contributed by atoms with E-state index in [2.05, 4.69) is 10.3 Å². The predicted octanol–water partition coefficient (Wildman–Crippen LogP) is 0.363. The molecule has 1 amide bonds. The maximum Gasteiger partial charge on any atom is 0.267 e. The number of amides is 1. The van der Waals surface area contributed by atoms with E-state index in [1.807, 2.05) is 0 Å². The third-order valence-corrected chi connectivity index (χ3v) is 2.69. The maximum atomic E-state index is 10.9. The van der Waals surface area contributed by atoms with Gasteiger partial charge in [0.2, 0.25) is 0 Å². The molecular weight excluding hydrogens is 206 g/mol. The molecule has 0 aromatic carbocycles. The smallest absolute Gasteiger partial charge is 0.267 e. The first-order valence-corrected chi connectivity index (χ1v) is 5.34. The molecule has 5 nitrogen and oxygen atoms in total. The first-order valence-electron chi connectivity index (χ1n) is 5.34. The summed E-state index contributed by atoms with van der Waals surface area (Å²) in [4.78, 5) is 14.7. The Morgan fingerprint density at radius 1 is 1.69 bits per heavy atom. The number of aromatic nitrogens is 1. The number of nitrogens with one attached hydrogen (secondary N) is 1. The normalized spacial score (nSPS) is 16.8. The van der Waals surface area contributed by atoms with Gasteiger partial charge in [-0.2, -0.15) is 0 Å². The molecule has 0 radical (unpaired) electrons. The number of nitrogens with two attached hydrogens (primary N) is 1. The zero-order valence-corrected chi connectivity index (χ0v) is 8.89. The highest BCUT2D eigenvalue weighted by atomic mass is 16.3. The van der Waals surface area contributed by atoms with Gasteiger partial charge in [0.15, 0.2) is 0 Å². The molecule has 1 aliphatic carbocycles. The highest BCUT2D eigenvalue weighted by Gasteiger charge is 2.29. The zero-order chi connectivity index (χ0) is 11.5. The van der Waals surface area contributed by atoms with Gasteiger partial charge in [0, 0.05) is 18.4 Å². The number of rotatable bonds is 5. The van der Waals surface area contributed by atoms with Crippen LogP contribution in [0.25, 0.3) is 0 Å². The topological polar surface area (TPSA) is 88.2 Å². The van der Waals surface area contributed by atoms with Gasteiger partial charge in [0.05, 0.1) is 6.10 Å². The third-order valence-electron chi connectivity index (χ3n) is 2.69. The number of hydrogen-bond acceptors (Lipinski definition) is 4. The second-order valence-corrected chi connectivity index (χ2v) is 4.08. The Balaban J connectivity index is 1.92. The fourth-order valence-electron chi connectivity index (χ4n) is 1.55. The van der Waals surface area contributed by atoms with Crippen LogP contribution < -0.4 is 11.1 Å². The number of nitrogens with zero attached hydrogens (tertiary/aromatic N) is 1. The summed E-state index contributed by atoms with van der Waals surface area (Å²) in [5, 5.41) is 12.7. The fraction of sp³-hybridized carbons (Fsp3) is 0.455. The SMILES string of the molecule is NC(=O)c1cc(NCC(O)C2CC2)ccn1. The Kier molecular flexibility index (Phi) is 3.05. The molecule has 2 rings (SSSR count). The maximum absolute atomic E-state index is 10.9. The van der Waals surface area contributed by atoms with Crippen LogP contribution in [0.3, 0.4) is 0 Å². The van der Waals surface area contributed by atoms with Crippen molar-refractivity contribution in [1.29, 1.82) is 0 Å². The number of anilines is 1. The summed E-state index contributed by atoms with van der Waals surface area (Å²) < 4.78 is 0. The molecule has 1 aromatic heterocycles. The van der Waals surface area contributed by atoms with Crippen LogP contribution in [0.2, 0.25) is 0 Å². The third kappa shape index (κ3) is 2.70. The van der Waals surface area contributed by atoms with Crippen LogP contribution in [0.1, 0.15) is 23.3 Å². The van der Waals surface area contributed by atoms with Gasteiger partial charge in [0.1, 0.15) is 5.69 Å². The second-order valence-electron chi connectivity index (χ2n) is 4.08. The second kappa shape index (κ2) is 4.49. The van der Waals surface area contributed by atoms with Gasteiger partial charge in [-0.15, -0.1) is 0 Å². The summed E-state index contributed by atoms with van der Waals surface area (Å²) in [6, 6.07) is 3.33. The minimum absolute atomic E-state index is 0.228. The fourth-order valence-corrected chi connectivity index (χ4v) is 1.55. The molecular formula is C11H15N3O2. The molecule has 1 saturated carbocycles. The van der Waals surface area contributed by atoms with Crippen LogP contribution in [-0.4, -0.2) is 28.6 Å². The molecule has 1 fully saturated rings. The monoisotopic (exact) mass is 221 g/mol. The number of aliphatic hydroxyl groups is 1. The van der Waals surface area contributed by atoms with Crippen LogP contribution in [0, 0.1) is 5.92 Å². The van der Waals surface area contributed by atoms with Crippen LogP contribution in [0.15, 0.2) is 18.3 Å². The van der Waals surface area contributed by atoms with E-state index >= 15 is 0 Å². The molecule has 1 aromatic rings. The molecule has 1 unspecified atom stereocenters. The van der Waals surface area contributed by atoms with Crippen molar-refractivity contribution >= 4 is 11.6 Å². The Hall–Kier alpha value is -1.62. The van der Waals surface area contributed by atoms with Gasteiger partial charge in [-0.25, -0.2) is 0 Å². The summed E-state index contributed by atoms with van der Waals surface area (Å²) >= 11 is 0. The number of hydrogen-bond donors (Lipinski definition) is 3. The van der Waals surface area contributed by atoms with Crippen molar-refractivity contribution in [3.8, 4) is 0 Å².